The Bertz CT molecular complexity index is 463. The molecule has 19 heavy (non-hydrogen) atoms. The van der Waals surface area contributed by atoms with E-state index < -0.39 is 25.0 Å². The predicted molar refractivity (Wildman–Crippen MR) is 59.6 cm³/mol. The van der Waals surface area contributed by atoms with Gasteiger partial charge in [0.15, 0.2) is 6.61 Å². The number of primary amides is 1. The van der Waals surface area contributed by atoms with Crippen LogP contribution in [-0.2, 0) is 4.74 Å². The van der Waals surface area contributed by atoms with Crippen molar-refractivity contribution in [1.29, 1.82) is 0 Å². The molecule has 1 unspecified atom stereocenters. The van der Waals surface area contributed by atoms with Gasteiger partial charge in [0.2, 0.25) is 5.88 Å². The van der Waals surface area contributed by atoms with Crippen molar-refractivity contribution in [2.75, 3.05) is 6.61 Å². The van der Waals surface area contributed by atoms with Gasteiger partial charge >= 0.3 is 12.3 Å². The highest BCUT2D eigenvalue weighted by Gasteiger charge is 2.29. The maximum absolute atomic E-state index is 12.0. The molecule has 0 aliphatic heterocycles. The van der Waals surface area contributed by atoms with Gasteiger partial charge in [0.25, 0.3) is 0 Å². The Morgan fingerprint density at radius 1 is 1.53 bits per heavy atom. The van der Waals surface area contributed by atoms with Crippen LogP contribution in [0, 0.1) is 6.92 Å². The predicted octanol–water partition coefficient (Wildman–Crippen LogP) is 2.49. The van der Waals surface area contributed by atoms with Gasteiger partial charge in [0.05, 0.1) is 0 Å². The third-order valence-electron chi connectivity index (χ3n) is 2.19. The number of aryl methyl sites for hydroxylation is 1. The molecule has 0 saturated heterocycles. The first-order valence-corrected chi connectivity index (χ1v) is 5.31. The van der Waals surface area contributed by atoms with Gasteiger partial charge in [-0.05, 0) is 19.9 Å². The minimum absolute atomic E-state index is 0.118. The van der Waals surface area contributed by atoms with Crippen molar-refractivity contribution in [2.45, 2.75) is 26.1 Å². The van der Waals surface area contributed by atoms with E-state index in [1.54, 1.807) is 13.8 Å². The first-order valence-electron chi connectivity index (χ1n) is 5.31. The maximum Gasteiger partial charge on any atom is 0.422 e. The molecule has 0 saturated carbocycles. The van der Waals surface area contributed by atoms with E-state index in [1.807, 2.05) is 0 Å². The molecule has 0 aromatic carbocycles. The van der Waals surface area contributed by atoms with Crippen molar-refractivity contribution in [3.05, 3.63) is 23.4 Å². The van der Waals surface area contributed by atoms with Crippen LogP contribution < -0.4 is 10.5 Å². The minimum atomic E-state index is -4.42. The number of hydrogen-bond donors (Lipinski definition) is 1. The molecule has 1 rings (SSSR count). The minimum Gasteiger partial charge on any atom is -0.468 e. The number of nitrogens with zero attached hydrogens (tertiary/aromatic N) is 1. The van der Waals surface area contributed by atoms with Gasteiger partial charge in [-0.15, -0.1) is 0 Å². The van der Waals surface area contributed by atoms with Gasteiger partial charge in [-0.25, -0.2) is 9.78 Å². The molecule has 0 bridgehead atoms. The average Bonchev–Trinajstić information content (AvgIpc) is 2.25. The zero-order valence-corrected chi connectivity index (χ0v) is 10.3. The molecule has 1 aromatic rings. The van der Waals surface area contributed by atoms with E-state index in [2.05, 4.69) is 9.72 Å². The van der Waals surface area contributed by atoms with E-state index in [0.717, 1.165) is 0 Å². The summed E-state index contributed by atoms with van der Waals surface area (Å²) >= 11 is 0. The van der Waals surface area contributed by atoms with Crippen LogP contribution in [0.3, 0.4) is 0 Å². The third kappa shape index (κ3) is 5.02. The molecule has 0 fully saturated rings. The van der Waals surface area contributed by atoms with E-state index in [-0.39, 0.29) is 5.88 Å². The quantitative estimate of drug-likeness (QED) is 0.918. The Labute approximate surface area is 107 Å². The average molecular weight is 278 g/mol. The second kappa shape index (κ2) is 5.77. The van der Waals surface area contributed by atoms with Crippen molar-refractivity contribution >= 4 is 6.09 Å². The Morgan fingerprint density at radius 3 is 2.63 bits per heavy atom. The first kappa shape index (κ1) is 15.1. The summed E-state index contributed by atoms with van der Waals surface area (Å²) in [6, 6.07) is 1.52. The van der Waals surface area contributed by atoms with Crippen LogP contribution in [0.25, 0.3) is 0 Å². The molecular weight excluding hydrogens is 265 g/mol. The van der Waals surface area contributed by atoms with Gasteiger partial charge < -0.3 is 15.2 Å². The summed E-state index contributed by atoms with van der Waals surface area (Å²) in [4.78, 5) is 14.3. The largest absolute Gasteiger partial charge is 0.468 e. The van der Waals surface area contributed by atoms with Gasteiger partial charge in [-0.2, -0.15) is 13.2 Å². The van der Waals surface area contributed by atoms with Gasteiger partial charge in [-0.1, -0.05) is 0 Å². The number of pyridine rings is 1. The molecule has 2 N–H and O–H groups in total. The van der Waals surface area contributed by atoms with Crippen molar-refractivity contribution in [3.8, 4) is 5.88 Å². The molecule has 1 atom stereocenters. The van der Waals surface area contributed by atoms with Crippen LogP contribution in [0.15, 0.2) is 12.3 Å². The number of ether oxygens (including phenoxy) is 2. The number of carbonyl (C=O) groups excluding carboxylic acids is 1. The molecule has 0 spiro atoms. The number of halogens is 3. The van der Waals surface area contributed by atoms with Crippen LogP contribution in [0.1, 0.15) is 24.2 Å². The monoisotopic (exact) mass is 278 g/mol. The van der Waals surface area contributed by atoms with E-state index in [1.165, 1.54) is 12.3 Å². The second-order valence-electron chi connectivity index (χ2n) is 3.87. The maximum atomic E-state index is 12.0. The van der Waals surface area contributed by atoms with Crippen molar-refractivity contribution < 1.29 is 27.4 Å². The van der Waals surface area contributed by atoms with E-state index in [9.17, 15) is 18.0 Å². The summed E-state index contributed by atoms with van der Waals surface area (Å²) in [6.07, 6.45) is -4.73. The molecule has 1 amide bonds. The second-order valence-corrected chi connectivity index (χ2v) is 3.87. The Balaban J connectivity index is 2.77. The van der Waals surface area contributed by atoms with Crippen molar-refractivity contribution in [3.63, 3.8) is 0 Å². The zero-order chi connectivity index (χ0) is 14.6. The first-order chi connectivity index (χ1) is 8.69. The normalized spacial score (nSPS) is 12.9. The number of alkyl halides is 3. The molecule has 1 aromatic heterocycles. The number of rotatable bonds is 4. The molecular formula is C11H13F3N2O3. The van der Waals surface area contributed by atoms with Crippen molar-refractivity contribution in [2.24, 2.45) is 5.73 Å². The smallest absolute Gasteiger partial charge is 0.422 e. The summed E-state index contributed by atoms with van der Waals surface area (Å²) in [5.41, 5.74) is 5.78. The lowest BCUT2D eigenvalue weighted by Crippen LogP contribution is -2.20. The number of hydrogen-bond acceptors (Lipinski definition) is 4. The fourth-order valence-electron chi connectivity index (χ4n) is 1.35. The van der Waals surface area contributed by atoms with Gasteiger partial charge in [0.1, 0.15) is 6.10 Å². The van der Waals surface area contributed by atoms with E-state index in [0.29, 0.717) is 11.1 Å². The van der Waals surface area contributed by atoms with Gasteiger partial charge in [-0.3, -0.25) is 0 Å². The topological polar surface area (TPSA) is 74.4 Å². The standard InChI is InChI=1S/C11H13F3N2O3/c1-6-3-8(7(2)19-10(15)17)4-16-9(6)18-5-11(12,13)14/h3-4,7H,5H2,1-2H3,(H2,15,17). The molecule has 0 aliphatic rings. The summed E-state index contributed by atoms with van der Waals surface area (Å²) < 4.78 is 45.3. The lowest BCUT2D eigenvalue weighted by atomic mass is 10.1. The van der Waals surface area contributed by atoms with Crippen LogP contribution in [-0.4, -0.2) is 23.9 Å². The van der Waals surface area contributed by atoms with Gasteiger partial charge in [0, 0.05) is 17.3 Å². The fraction of sp³-hybridized carbons (Fsp3) is 0.455. The number of nitrogens with two attached hydrogens (primary N) is 1. The van der Waals surface area contributed by atoms with Crippen LogP contribution in [0.5, 0.6) is 5.88 Å². The van der Waals surface area contributed by atoms with Crippen LogP contribution in [0.4, 0.5) is 18.0 Å². The summed E-state index contributed by atoms with van der Waals surface area (Å²) in [7, 11) is 0. The SMILES string of the molecule is Cc1cc(C(C)OC(N)=O)cnc1OCC(F)(F)F. The molecule has 0 aliphatic carbocycles. The number of aromatic nitrogens is 1. The molecule has 0 radical (unpaired) electrons. The number of carbonyl (C=O) groups is 1. The Morgan fingerprint density at radius 2 is 2.16 bits per heavy atom. The fourth-order valence-corrected chi connectivity index (χ4v) is 1.35. The summed E-state index contributed by atoms with van der Waals surface area (Å²) in [6.45, 7) is 1.70. The van der Waals surface area contributed by atoms with Crippen molar-refractivity contribution in [1.82, 2.24) is 4.98 Å². The molecule has 106 valence electrons. The summed E-state index contributed by atoms with van der Waals surface area (Å²) in [5.74, 6) is -0.118. The van der Waals surface area contributed by atoms with E-state index in [4.69, 9.17) is 10.5 Å². The highest BCUT2D eigenvalue weighted by molar-refractivity contribution is 5.65. The van der Waals surface area contributed by atoms with Crippen LogP contribution in [0.2, 0.25) is 0 Å². The zero-order valence-electron chi connectivity index (χ0n) is 10.3. The van der Waals surface area contributed by atoms with E-state index >= 15 is 0 Å². The van der Waals surface area contributed by atoms with Crippen LogP contribution >= 0.6 is 0 Å². The lowest BCUT2D eigenvalue weighted by Gasteiger charge is -2.14. The third-order valence-corrected chi connectivity index (χ3v) is 2.19. The highest BCUT2D eigenvalue weighted by Crippen LogP contribution is 2.23. The Kier molecular flexibility index (Phi) is 4.57. The molecule has 8 heteroatoms. The molecule has 1 heterocycles. The Hall–Kier alpha value is -1.99. The lowest BCUT2D eigenvalue weighted by molar-refractivity contribution is -0.154. The highest BCUT2D eigenvalue weighted by atomic mass is 19.4. The summed E-state index contributed by atoms with van der Waals surface area (Å²) in [5, 5.41) is 0. The number of amides is 1. The molecule has 5 nitrogen and oxygen atoms in total.